The minimum Gasteiger partial charge on any atom is -0.495 e. The number of nitrogens with two attached hydrogens (primary N) is 1. The van der Waals surface area contributed by atoms with Crippen LogP contribution in [0.2, 0.25) is 5.02 Å². The minimum absolute atomic E-state index is 0.127. The van der Waals surface area contributed by atoms with Crippen LogP contribution in [0.1, 0.15) is 24.4 Å². The first-order valence-electron chi connectivity index (χ1n) is 5.33. The van der Waals surface area contributed by atoms with E-state index in [2.05, 4.69) is 0 Å². The molecule has 2 rings (SSSR count). The van der Waals surface area contributed by atoms with E-state index in [0.29, 0.717) is 10.8 Å². The molecule has 0 amide bonds. The Morgan fingerprint density at radius 2 is 2.25 bits per heavy atom. The van der Waals surface area contributed by atoms with Crippen LogP contribution >= 0.6 is 11.6 Å². The van der Waals surface area contributed by atoms with Gasteiger partial charge in [-0.05, 0) is 30.5 Å². The van der Waals surface area contributed by atoms with Crippen molar-refractivity contribution in [2.75, 3.05) is 13.7 Å². The van der Waals surface area contributed by atoms with Gasteiger partial charge in [0.1, 0.15) is 5.75 Å². The molecule has 0 aliphatic heterocycles. The lowest BCUT2D eigenvalue weighted by atomic mass is 9.91. The van der Waals surface area contributed by atoms with E-state index in [1.807, 2.05) is 18.2 Å². The number of rotatable bonds is 4. The third-order valence-electron chi connectivity index (χ3n) is 3.40. The van der Waals surface area contributed by atoms with Crippen LogP contribution in [0.25, 0.3) is 0 Å². The van der Waals surface area contributed by atoms with Crippen LogP contribution < -0.4 is 10.5 Å². The molecule has 0 radical (unpaired) electrons. The van der Waals surface area contributed by atoms with Crippen LogP contribution in [0.3, 0.4) is 0 Å². The van der Waals surface area contributed by atoms with Gasteiger partial charge in [0, 0.05) is 11.5 Å². The highest BCUT2D eigenvalue weighted by Crippen LogP contribution is 2.53. The van der Waals surface area contributed by atoms with Crippen LogP contribution in [0.5, 0.6) is 5.75 Å². The molecule has 1 aromatic carbocycles. The second-order valence-corrected chi connectivity index (χ2v) is 4.80. The largest absolute Gasteiger partial charge is 0.495 e. The Labute approximate surface area is 100 Å². The summed E-state index contributed by atoms with van der Waals surface area (Å²) in [5.74, 6) is 0.645. The van der Waals surface area contributed by atoms with Gasteiger partial charge in [-0.15, -0.1) is 0 Å². The fourth-order valence-corrected chi connectivity index (χ4v) is 2.22. The molecule has 16 heavy (non-hydrogen) atoms. The topological polar surface area (TPSA) is 55.5 Å². The van der Waals surface area contributed by atoms with Gasteiger partial charge in [-0.25, -0.2) is 0 Å². The van der Waals surface area contributed by atoms with Gasteiger partial charge in [0.2, 0.25) is 0 Å². The highest BCUT2D eigenvalue weighted by Gasteiger charge is 2.47. The third-order valence-corrected chi connectivity index (χ3v) is 3.70. The van der Waals surface area contributed by atoms with E-state index < -0.39 is 0 Å². The van der Waals surface area contributed by atoms with Gasteiger partial charge >= 0.3 is 0 Å². The maximum Gasteiger partial charge on any atom is 0.137 e. The van der Waals surface area contributed by atoms with E-state index >= 15 is 0 Å². The van der Waals surface area contributed by atoms with Crippen molar-refractivity contribution in [3.8, 4) is 5.75 Å². The van der Waals surface area contributed by atoms with E-state index in [4.69, 9.17) is 22.1 Å². The average Bonchev–Trinajstić information content (AvgIpc) is 3.09. The molecule has 1 aliphatic rings. The summed E-state index contributed by atoms with van der Waals surface area (Å²) >= 11 is 6.04. The Balaban J connectivity index is 2.24. The first-order chi connectivity index (χ1) is 7.63. The molecule has 4 heteroatoms. The van der Waals surface area contributed by atoms with Gasteiger partial charge in [-0.3, -0.25) is 0 Å². The number of halogens is 1. The average molecular weight is 242 g/mol. The number of ether oxygens (including phenoxy) is 1. The van der Waals surface area contributed by atoms with Crippen molar-refractivity contribution in [2.45, 2.75) is 18.9 Å². The van der Waals surface area contributed by atoms with Crippen LogP contribution in [-0.4, -0.2) is 18.8 Å². The summed E-state index contributed by atoms with van der Waals surface area (Å²) in [7, 11) is 1.58. The maximum atomic E-state index is 9.32. The van der Waals surface area contributed by atoms with Crippen molar-refractivity contribution >= 4 is 11.6 Å². The highest BCUT2D eigenvalue weighted by molar-refractivity contribution is 6.32. The molecule has 3 nitrogen and oxygen atoms in total. The molecular weight excluding hydrogens is 226 g/mol. The quantitative estimate of drug-likeness (QED) is 0.849. The lowest BCUT2D eigenvalue weighted by Gasteiger charge is -2.21. The number of methoxy groups -OCH3 is 1. The van der Waals surface area contributed by atoms with Crippen LogP contribution in [0.15, 0.2) is 18.2 Å². The monoisotopic (exact) mass is 241 g/mol. The van der Waals surface area contributed by atoms with Crippen molar-refractivity contribution in [2.24, 2.45) is 11.1 Å². The molecule has 0 saturated heterocycles. The van der Waals surface area contributed by atoms with Crippen LogP contribution in [-0.2, 0) is 0 Å². The molecule has 3 N–H and O–H groups in total. The molecule has 1 saturated carbocycles. The summed E-state index contributed by atoms with van der Waals surface area (Å²) in [6.07, 6.45) is 1.96. The second kappa shape index (κ2) is 4.24. The number of benzene rings is 1. The van der Waals surface area contributed by atoms with Crippen molar-refractivity contribution in [3.63, 3.8) is 0 Å². The second-order valence-electron chi connectivity index (χ2n) is 4.39. The molecule has 0 bridgehead atoms. The number of hydrogen-bond acceptors (Lipinski definition) is 3. The standard InChI is InChI=1S/C12H16ClNO2/c1-16-10-3-2-8(6-9(10)13)11(14)12(7-15)4-5-12/h2-3,6,11,15H,4-5,7,14H2,1H3. The predicted octanol–water partition coefficient (Wildman–Crippen LogP) is 2.12. The van der Waals surface area contributed by atoms with Gasteiger partial charge in [0.15, 0.2) is 0 Å². The van der Waals surface area contributed by atoms with Crippen LogP contribution in [0.4, 0.5) is 0 Å². The van der Waals surface area contributed by atoms with Gasteiger partial charge in [0.25, 0.3) is 0 Å². The van der Waals surface area contributed by atoms with E-state index in [9.17, 15) is 5.11 Å². The Morgan fingerprint density at radius 3 is 2.69 bits per heavy atom. The SMILES string of the molecule is COc1ccc(C(N)C2(CO)CC2)cc1Cl. The summed E-state index contributed by atoms with van der Waals surface area (Å²) in [4.78, 5) is 0. The van der Waals surface area contributed by atoms with E-state index in [0.717, 1.165) is 18.4 Å². The molecule has 1 unspecified atom stereocenters. The molecule has 0 spiro atoms. The predicted molar refractivity (Wildman–Crippen MR) is 63.7 cm³/mol. The smallest absolute Gasteiger partial charge is 0.137 e. The van der Waals surface area contributed by atoms with E-state index in [1.165, 1.54) is 0 Å². The first kappa shape index (κ1) is 11.7. The molecule has 1 aliphatic carbocycles. The Hall–Kier alpha value is -0.770. The fourth-order valence-electron chi connectivity index (χ4n) is 1.96. The van der Waals surface area contributed by atoms with Crippen LogP contribution in [0, 0.1) is 5.41 Å². The maximum absolute atomic E-state index is 9.32. The van der Waals surface area contributed by atoms with Crippen molar-refractivity contribution in [3.05, 3.63) is 28.8 Å². The Bertz CT molecular complexity index is 391. The molecule has 0 heterocycles. The first-order valence-corrected chi connectivity index (χ1v) is 5.70. The zero-order valence-electron chi connectivity index (χ0n) is 9.24. The van der Waals surface area contributed by atoms with Crippen molar-refractivity contribution in [1.82, 2.24) is 0 Å². The summed E-state index contributed by atoms with van der Waals surface area (Å²) in [5.41, 5.74) is 6.98. The van der Waals surface area contributed by atoms with Gasteiger partial charge < -0.3 is 15.6 Å². The van der Waals surface area contributed by atoms with E-state index in [1.54, 1.807) is 7.11 Å². The molecule has 1 fully saturated rings. The zero-order chi connectivity index (χ0) is 11.8. The number of aliphatic hydroxyl groups is 1. The number of hydrogen-bond donors (Lipinski definition) is 2. The Kier molecular flexibility index (Phi) is 3.10. The molecular formula is C12H16ClNO2. The van der Waals surface area contributed by atoms with Gasteiger partial charge in [-0.1, -0.05) is 17.7 Å². The summed E-state index contributed by atoms with van der Waals surface area (Å²) in [6.45, 7) is 0.137. The zero-order valence-corrected chi connectivity index (χ0v) is 10.00. The summed E-state index contributed by atoms with van der Waals surface area (Å²) < 4.78 is 5.09. The lowest BCUT2D eigenvalue weighted by Crippen LogP contribution is -2.25. The third kappa shape index (κ3) is 1.90. The summed E-state index contributed by atoms with van der Waals surface area (Å²) in [5, 5.41) is 9.88. The Morgan fingerprint density at radius 1 is 1.56 bits per heavy atom. The molecule has 88 valence electrons. The normalized spacial score (nSPS) is 19.2. The number of aliphatic hydroxyl groups excluding tert-OH is 1. The molecule has 1 aromatic rings. The molecule has 0 aromatic heterocycles. The van der Waals surface area contributed by atoms with Gasteiger partial charge in [-0.2, -0.15) is 0 Å². The minimum atomic E-state index is -0.152. The summed E-state index contributed by atoms with van der Waals surface area (Å²) in [6, 6.07) is 5.39. The highest BCUT2D eigenvalue weighted by atomic mass is 35.5. The van der Waals surface area contributed by atoms with Crippen molar-refractivity contribution in [1.29, 1.82) is 0 Å². The van der Waals surface area contributed by atoms with Gasteiger partial charge in [0.05, 0.1) is 18.7 Å². The van der Waals surface area contributed by atoms with E-state index in [-0.39, 0.29) is 18.1 Å². The fraction of sp³-hybridized carbons (Fsp3) is 0.500. The lowest BCUT2D eigenvalue weighted by molar-refractivity contribution is 0.187. The molecule has 1 atom stereocenters. The van der Waals surface area contributed by atoms with Crippen molar-refractivity contribution < 1.29 is 9.84 Å².